The predicted octanol–water partition coefficient (Wildman–Crippen LogP) is 8.23. The molecule has 1 atom stereocenters. The highest BCUT2D eigenvalue weighted by molar-refractivity contribution is 5.94. The summed E-state index contributed by atoms with van der Waals surface area (Å²) in [6.07, 6.45) is 7.99. The van der Waals surface area contributed by atoms with Crippen molar-refractivity contribution >= 4 is 16.7 Å². The molecule has 0 aliphatic heterocycles. The predicted molar refractivity (Wildman–Crippen MR) is 148 cm³/mol. The summed E-state index contributed by atoms with van der Waals surface area (Å²) in [5.74, 6) is 1.37. The Labute approximate surface area is 220 Å². The first kappa shape index (κ1) is 23.1. The molecule has 1 unspecified atom stereocenters. The van der Waals surface area contributed by atoms with Gasteiger partial charge in [0.25, 0.3) is 0 Å². The molecule has 0 spiro atoms. The lowest BCUT2D eigenvalue weighted by Crippen LogP contribution is -2.40. The first-order valence-corrected chi connectivity index (χ1v) is 13.4. The summed E-state index contributed by atoms with van der Waals surface area (Å²) in [7, 11) is 0. The minimum Gasteiger partial charge on any atom is -0.367 e. The fourth-order valence-corrected chi connectivity index (χ4v) is 6.34. The van der Waals surface area contributed by atoms with E-state index >= 15 is 0 Å². The van der Waals surface area contributed by atoms with Crippen LogP contribution in [0.15, 0.2) is 79.0 Å². The lowest BCUT2D eigenvalue weighted by atomic mass is 9.68. The highest BCUT2D eigenvalue weighted by Crippen LogP contribution is 2.42. The van der Waals surface area contributed by atoms with E-state index in [9.17, 15) is 8.78 Å². The molecule has 3 fully saturated rings. The molecular weight excluding hydrogens is 478 g/mol. The Morgan fingerprint density at radius 2 is 1.53 bits per heavy atom. The van der Waals surface area contributed by atoms with E-state index in [1.165, 1.54) is 31.7 Å². The van der Waals surface area contributed by atoms with E-state index in [-0.39, 0.29) is 5.52 Å². The molecular formula is C32H28F2N4. The van der Waals surface area contributed by atoms with Gasteiger partial charge in [0.1, 0.15) is 17.5 Å². The standard InChI is InChI=1S/C32H28F2N4/c33-24-15-25-26(18-35-31(25)27(34)16-24)32-37-29(23-12-10-21(11-13-23)20-4-2-1-3-5-20)17-30(38-32)36-28-14-19-6-8-22(28)9-7-19/h1-5,10-13,15-19,22,28,35H,6-9,14H2,(H,36,37,38). The highest BCUT2D eigenvalue weighted by Gasteiger charge is 2.35. The molecule has 0 amide bonds. The van der Waals surface area contributed by atoms with Crippen molar-refractivity contribution in [1.29, 1.82) is 0 Å². The third kappa shape index (κ3) is 4.24. The maximum Gasteiger partial charge on any atom is 0.164 e. The van der Waals surface area contributed by atoms with Gasteiger partial charge in [-0.05, 0) is 48.3 Å². The van der Waals surface area contributed by atoms with Crippen LogP contribution in [0, 0.1) is 23.5 Å². The molecule has 2 heterocycles. The second-order valence-electron chi connectivity index (χ2n) is 10.7. The van der Waals surface area contributed by atoms with E-state index in [0.29, 0.717) is 28.7 Å². The second-order valence-corrected chi connectivity index (χ2v) is 10.7. The fraction of sp³-hybridized carbons (Fsp3) is 0.250. The Balaban J connectivity index is 1.31. The van der Waals surface area contributed by atoms with Gasteiger partial charge in [-0.3, -0.25) is 0 Å². The van der Waals surface area contributed by atoms with Crippen molar-refractivity contribution in [3.05, 3.63) is 90.6 Å². The average molecular weight is 507 g/mol. The summed E-state index contributed by atoms with van der Waals surface area (Å²) in [6, 6.07) is 23.2. The molecule has 2 bridgehead atoms. The molecule has 8 rings (SSSR count). The van der Waals surface area contributed by atoms with Crippen molar-refractivity contribution in [2.45, 2.75) is 38.1 Å². The van der Waals surface area contributed by atoms with Gasteiger partial charge in [-0.1, -0.05) is 67.4 Å². The smallest absolute Gasteiger partial charge is 0.164 e. The van der Waals surface area contributed by atoms with E-state index in [1.54, 1.807) is 6.20 Å². The van der Waals surface area contributed by atoms with Crippen LogP contribution in [0.2, 0.25) is 0 Å². The maximum absolute atomic E-state index is 14.4. The number of benzene rings is 3. The zero-order valence-electron chi connectivity index (χ0n) is 20.9. The number of nitrogens with one attached hydrogen (secondary N) is 2. The Bertz CT molecular complexity index is 1600. The molecule has 3 aliphatic rings. The van der Waals surface area contributed by atoms with Crippen LogP contribution in [0.3, 0.4) is 0 Å². The summed E-state index contributed by atoms with van der Waals surface area (Å²) in [4.78, 5) is 12.7. The molecule has 3 aliphatic carbocycles. The number of anilines is 1. The van der Waals surface area contributed by atoms with Crippen molar-refractivity contribution < 1.29 is 8.78 Å². The Morgan fingerprint density at radius 3 is 2.26 bits per heavy atom. The van der Waals surface area contributed by atoms with Crippen molar-refractivity contribution in [1.82, 2.24) is 15.0 Å². The molecule has 190 valence electrons. The Kier molecular flexibility index (Phi) is 5.68. The van der Waals surface area contributed by atoms with Crippen LogP contribution in [-0.4, -0.2) is 21.0 Å². The van der Waals surface area contributed by atoms with Crippen LogP contribution < -0.4 is 5.32 Å². The quantitative estimate of drug-likeness (QED) is 0.252. The number of rotatable bonds is 5. The molecule has 2 aromatic heterocycles. The first-order chi connectivity index (χ1) is 18.6. The summed E-state index contributed by atoms with van der Waals surface area (Å²) < 4.78 is 28.6. The van der Waals surface area contributed by atoms with Crippen LogP contribution >= 0.6 is 0 Å². The first-order valence-electron chi connectivity index (χ1n) is 13.4. The molecule has 3 aromatic carbocycles. The highest BCUT2D eigenvalue weighted by atomic mass is 19.1. The van der Waals surface area contributed by atoms with Crippen LogP contribution in [0.4, 0.5) is 14.6 Å². The third-order valence-corrected chi connectivity index (χ3v) is 8.34. The van der Waals surface area contributed by atoms with Crippen LogP contribution in [-0.2, 0) is 0 Å². The monoisotopic (exact) mass is 506 g/mol. The largest absolute Gasteiger partial charge is 0.367 e. The zero-order chi connectivity index (χ0) is 25.6. The van der Waals surface area contributed by atoms with Crippen LogP contribution in [0.1, 0.15) is 32.1 Å². The average Bonchev–Trinajstić information content (AvgIpc) is 3.38. The van der Waals surface area contributed by atoms with Gasteiger partial charge >= 0.3 is 0 Å². The number of halogens is 2. The number of H-pyrrole nitrogens is 1. The van der Waals surface area contributed by atoms with Crippen LogP contribution in [0.25, 0.3) is 44.7 Å². The SMILES string of the molecule is Fc1cc(F)c2[nH]cc(-c3nc(NC4CC5CCC4CC5)cc(-c4ccc(-c5ccccc5)cc4)n3)c2c1. The molecule has 6 heteroatoms. The summed E-state index contributed by atoms with van der Waals surface area (Å²) in [5, 5.41) is 4.16. The number of aromatic amines is 1. The van der Waals surface area contributed by atoms with E-state index in [1.807, 2.05) is 24.3 Å². The zero-order valence-corrected chi connectivity index (χ0v) is 20.9. The molecule has 38 heavy (non-hydrogen) atoms. The topological polar surface area (TPSA) is 53.6 Å². The summed E-state index contributed by atoms with van der Waals surface area (Å²) in [5.41, 5.74) is 4.84. The number of hydrogen-bond donors (Lipinski definition) is 2. The van der Waals surface area contributed by atoms with Crippen molar-refractivity contribution in [2.75, 3.05) is 5.32 Å². The maximum atomic E-state index is 14.4. The minimum atomic E-state index is -0.629. The Hall–Kier alpha value is -4.06. The van der Waals surface area contributed by atoms with Crippen molar-refractivity contribution in [3.63, 3.8) is 0 Å². The van der Waals surface area contributed by atoms with Crippen molar-refractivity contribution in [3.8, 4) is 33.8 Å². The summed E-state index contributed by atoms with van der Waals surface area (Å²) >= 11 is 0. The van der Waals surface area contributed by atoms with Gasteiger partial charge in [-0.2, -0.15) is 0 Å². The fourth-order valence-electron chi connectivity index (χ4n) is 6.34. The van der Waals surface area contributed by atoms with E-state index in [2.05, 4.69) is 46.7 Å². The second kappa shape index (κ2) is 9.35. The molecule has 5 aromatic rings. The number of aromatic nitrogens is 3. The van der Waals surface area contributed by atoms with Crippen LogP contribution in [0.5, 0.6) is 0 Å². The molecule has 0 radical (unpaired) electrons. The molecule has 3 saturated carbocycles. The number of hydrogen-bond acceptors (Lipinski definition) is 3. The van der Waals surface area contributed by atoms with Gasteiger partial charge < -0.3 is 10.3 Å². The minimum absolute atomic E-state index is 0.252. The lowest BCUT2D eigenvalue weighted by Gasteiger charge is -2.42. The summed E-state index contributed by atoms with van der Waals surface area (Å²) in [6.45, 7) is 0. The molecule has 0 saturated heterocycles. The third-order valence-electron chi connectivity index (χ3n) is 8.34. The van der Waals surface area contributed by atoms with E-state index in [0.717, 1.165) is 46.6 Å². The van der Waals surface area contributed by atoms with Gasteiger partial charge in [0, 0.05) is 40.9 Å². The number of nitrogens with zero attached hydrogens (tertiary/aromatic N) is 2. The lowest BCUT2D eigenvalue weighted by molar-refractivity contribution is 0.157. The van der Waals surface area contributed by atoms with E-state index in [4.69, 9.17) is 9.97 Å². The van der Waals surface area contributed by atoms with Gasteiger partial charge in [0.2, 0.25) is 0 Å². The Morgan fingerprint density at radius 1 is 0.789 bits per heavy atom. The van der Waals surface area contributed by atoms with Gasteiger partial charge in [0.05, 0.1) is 11.2 Å². The van der Waals surface area contributed by atoms with E-state index < -0.39 is 11.6 Å². The molecule has 2 N–H and O–H groups in total. The number of fused-ring (bicyclic) bond motifs is 4. The van der Waals surface area contributed by atoms with Gasteiger partial charge in [-0.15, -0.1) is 0 Å². The van der Waals surface area contributed by atoms with Gasteiger partial charge in [-0.25, -0.2) is 18.7 Å². The van der Waals surface area contributed by atoms with Crippen molar-refractivity contribution in [2.24, 2.45) is 11.8 Å². The molecule has 4 nitrogen and oxygen atoms in total. The van der Waals surface area contributed by atoms with Gasteiger partial charge in [0.15, 0.2) is 5.82 Å². The normalized spacial score (nSPS) is 20.6.